The molecule has 0 aromatic heterocycles. The molecule has 0 aromatic carbocycles. The van der Waals surface area contributed by atoms with Gasteiger partial charge in [0.2, 0.25) is 10.0 Å². The molecule has 7 nitrogen and oxygen atoms in total. The number of methoxy groups -OCH3 is 2. The van der Waals surface area contributed by atoms with E-state index in [2.05, 4.69) is 9.46 Å². The van der Waals surface area contributed by atoms with Crippen molar-refractivity contribution < 1.29 is 27.8 Å². The zero-order valence-corrected chi connectivity index (χ0v) is 11.0. The van der Waals surface area contributed by atoms with Gasteiger partial charge in [0.1, 0.15) is 0 Å². The molecule has 0 bridgehead atoms. The number of carbonyl (C=O) groups is 1. The van der Waals surface area contributed by atoms with Crippen LogP contribution in [0.15, 0.2) is 0 Å². The van der Waals surface area contributed by atoms with E-state index < -0.39 is 27.3 Å². The van der Waals surface area contributed by atoms with E-state index in [-0.39, 0.29) is 19.6 Å². The predicted octanol–water partition coefficient (Wildman–Crippen LogP) is -1.14. The molecule has 0 aliphatic carbocycles. The van der Waals surface area contributed by atoms with Crippen LogP contribution >= 0.6 is 0 Å². The molecule has 0 aromatic rings. The SMILES string of the molecule is COCC(CCO)NS(=O)(=O)C(C)C(=O)OC. The van der Waals surface area contributed by atoms with Crippen molar-refractivity contribution in [1.82, 2.24) is 4.72 Å². The molecule has 0 radical (unpaired) electrons. The van der Waals surface area contributed by atoms with Crippen molar-refractivity contribution in [1.29, 1.82) is 0 Å². The van der Waals surface area contributed by atoms with Gasteiger partial charge in [-0.25, -0.2) is 13.1 Å². The maximum Gasteiger partial charge on any atom is 0.325 e. The Morgan fingerprint density at radius 1 is 1.41 bits per heavy atom. The van der Waals surface area contributed by atoms with Crippen molar-refractivity contribution in [2.45, 2.75) is 24.6 Å². The highest BCUT2D eigenvalue weighted by Gasteiger charge is 2.30. The fourth-order valence-corrected chi connectivity index (χ4v) is 2.36. The minimum Gasteiger partial charge on any atom is -0.468 e. The van der Waals surface area contributed by atoms with E-state index in [0.717, 1.165) is 7.11 Å². The van der Waals surface area contributed by atoms with Crippen LogP contribution in [0.5, 0.6) is 0 Å². The summed E-state index contributed by atoms with van der Waals surface area (Å²) in [5, 5.41) is 7.47. The van der Waals surface area contributed by atoms with E-state index in [4.69, 9.17) is 9.84 Å². The summed E-state index contributed by atoms with van der Waals surface area (Å²) in [6, 6.07) is -0.567. The quantitative estimate of drug-likeness (QED) is 0.540. The second-order valence-electron chi connectivity index (χ2n) is 3.49. The number of aliphatic hydroxyl groups is 1. The average molecular weight is 269 g/mol. The Kier molecular flexibility index (Phi) is 7.28. The first kappa shape index (κ1) is 16.3. The molecule has 0 aliphatic rings. The van der Waals surface area contributed by atoms with Gasteiger partial charge in [-0.05, 0) is 13.3 Å². The molecule has 0 fully saturated rings. The molecule has 0 heterocycles. The summed E-state index contributed by atoms with van der Waals surface area (Å²) in [5.41, 5.74) is 0. The van der Waals surface area contributed by atoms with Crippen molar-refractivity contribution in [3.05, 3.63) is 0 Å². The highest BCUT2D eigenvalue weighted by molar-refractivity contribution is 7.90. The van der Waals surface area contributed by atoms with Crippen molar-refractivity contribution in [3.63, 3.8) is 0 Å². The summed E-state index contributed by atoms with van der Waals surface area (Å²) >= 11 is 0. The maximum absolute atomic E-state index is 11.7. The Balaban J connectivity index is 4.64. The van der Waals surface area contributed by atoms with E-state index in [9.17, 15) is 13.2 Å². The minimum absolute atomic E-state index is 0.119. The number of hydrogen-bond donors (Lipinski definition) is 2. The highest BCUT2D eigenvalue weighted by atomic mass is 32.2. The Morgan fingerprint density at radius 3 is 2.41 bits per heavy atom. The van der Waals surface area contributed by atoms with Crippen LogP contribution in [-0.4, -0.2) is 58.2 Å². The lowest BCUT2D eigenvalue weighted by atomic mass is 10.2. The summed E-state index contributed by atoms with van der Waals surface area (Å²) in [6.07, 6.45) is 0.209. The van der Waals surface area contributed by atoms with Gasteiger partial charge in [-0.3, -0.25) is 4.79 Å². The Hall–Kier alpha value is -0.700. The third-order valence-corrected chi connectivity index (χ3v) is 3.96. The number of aliphatic hydroxyl groups excluding tert-OH is 1. The normalized spacial score (nSPS) is 15.3. The van der Waals surface area contributed by atoms with Gasteiger partial charge in [0.05, 0.1) is 13.7 Å². The lowest BCUT2D eigenvalue weighted by Gasteiger charge is -2.19. The summed E-state index contributed by atoms with van der Waals surface area (Å²) in [5.74, 6) is -0.835. The van der Waals surface area contributed by atoms with E-state index in [0.29, 0.717) is 0 Å². The molecule has 0 spiro atoms. The zero-order chi connectivity index (χ0) is 13.5. The average Bonchev–Trinajstić information content (AvgIpc) is 2.27. The second-order valence-corrected chi connectivity index (χ2v) is 5.53. The van der Waals surface area contributed by atoms with Gasteiger partial charge in [-0.2, -0.15) is 0 Å². The Morgan fingerprint density at radius 2 is 2.00 bits per heavy atom. The lowest BCUT2D eigenvalue weighted by molar-refractivity contribution is -0.139. The van der Waals surface area contributed by atoms with Crippen molar-refractivity contribution in [2.75, 3.05) is 27.4 Å². The summed E-state index contributed by atoms with van der Waals surface area (Å²) in [7, 11) is -1.29. The zero-order valence-electron chi connectivity index (χ0n) is 10.2. The smallest absolute Gasteiger partial charge is 0.325 e. The van der Waals surface area contributed by atoms with E-state index in [1.165, 1.54) is 14.0 Å². The first-order valence-electron chi connectivity index (χ1n) is 5.07. The predicted molar refractivity (Wildman–Crippen MR) is 60.9 cm³/mol. The van der Waals surface area contributed by atoms with E-state index >= 15 is 0 Å². The Labute approximate surface area is 101 Å². The summed E-state index contributed by atoms with van der Waals surface area (Å²) in [4.78, 5) is 11.1. The topological polar surface area (TPSA) is 102 Å². The van der Waals surface area contributed by atoms with Crippen LogP contribution in [0.25, 0.3) is 0 Å². The van der Waals surface area contributed by atoms with Crippen LogP contribution in [0.2, 0.25) is 0 Å². The molecule has 102 valence electrons. The van der Waals surface area contributed by atoms with Crippen LogP contribution in [0, 0.1) is 0 Å². The number of carbonyl (C=O) groups excluding carboxylic acids is 1. The van der Waals surface area contributed by atoms with Crippen molar-refractivity contribution in [2.24, 2.45) is 0 Å². The molecule has 2 unspecified atom stereocenters. The Bertz CT molecular complexity index is 322. The molecular formula is C9H19NO6S. The van der Waals surface area contributed by atoms with Crippen molar-refractivity contribution >= 4 is 16.0 Å². The molecular weight excluding hydrogens is 250 g/mol. The van der Waals surface area contributed by atoms with E-state index in [1.54, 1.807) is 0 Å². The molecule has 0 rings (SSSR count). The van der Waals surface area contributed by atoms with Gasteiger partial charge in [0.25, 0.3) is 0 Å². The number of hydrogen-bond acceptors (Lipinski definition) is 6. The third-order valence-electron chi connectivity index (χ3n) is 2.17. The van der Waals surface area contributed by atoms with Crippen LogP contribution in [0.1, 0.15) is 13.3 Å². The fraction of sp³-hybridized carbons (Fsp3) is 0.889. The first-order chi connectivity index (χ1) is 7.88. The molecule has 0 amide bonds. The summed E-state index contributed by atoms with van der Waals surface area (Å²) < 4.78 is 35.0. The van der Waals surface area contributed by atoms with Crippen LogP contribution in [0.4, 0.5) is 0 Å². The lowest BCUT2D eigenvalue weighted by Crippen LogP contribution is -2.45. The number of esters is 1. The number of rotatable bonds is 8. The molecule has 2 N–H and O–H groups in total. The maximum atomic E-state index is 11.7. The largest absolute Gasteiger partial charge is 0.468 e. The van der Waals surface area contributed by atoms with E-state index in [1.807, 2.05) is 0 Å². The molecule has 0 aliphatic heterocycles. The van der Waals surface area contributed by atoms with Gasteiger partial charge in [0, 0.05) is 19.8 Å². The number of ether oxygens (including phenoxy) is 2. The van der Waals surface area contributed by atoms with Gasteiger partial charge in [-0.1, -0.05) is 0 Å². The number of sulfonamides is 1. The number of nitrogens with one attached hydrogen (secondary N) is 1. The standard InChI is InChI=1S/C9H19NO6S/c1-7(9(12)16-3)17(13,14)10-8(4-5-11)6-15-2/h7-8,10-11H,4-6H2,1-3H3. The second kappa shape index (κ2) is 7.59. The molecule has 8 heteroatoms. The molecule has 0 saturated heterocycles. The fourth-order valence-electron chi connectivity index (χ4n) is 1.16. The van der Waals surface area contributed by atoms with Gasteiger partial charge >= 0.3 is 5.97 Å². The van der Waals surface area contributed by atoms with Crippen LogP contribution in [-0.2, 0) is 24.3 Å². The third kappa shape index (κ3) is 5.44. The summed E-state index contributed by atoms with van der Waals surface area (Å²) in [6.45, 7) is 1.17. The monoisotopic (exact) mass is 269 g/mol. The molecule has 17 heavy (non-hydrogen) atoms. The van der Waals surface area contributed by atoms with Crippen molar-refractivity contribution in [3.8, 4) is 0 Å². The molecule has 2 atom stereocenters. The van der Waals surface area contributed by atoms with Gasteiger partial charge in [-0.15, -0.1) is 0 Å². The van der Waals surface area contributed by atoms with Gasteiger partial charge < -0.3 is 14.6 Å². The van der Waals surface area contributed by atoms with Gasteiger partial charge in [0.15, 0.2) is 5.25 Å². The van der Waals surface area contributed by atoms with Crippen LogP contribution in [0.3, 0.4) is 0 Å². The minimum atomic E-state index is -3.83. The molecule has 0 saturated carbocycles. The van der Waals surface area contributed by atoms with Crippen LogP contribution < -0.4 is 4.72 Å². The highest BCUT2D eigenvalue weighted by Crippen LogP contribution is 2.04. The first-order valence-corrected chi connectivity index (χ1v) is 6.62.